The number of rotatable bonds is 3. The number of hydrogen-bond acceptors (Lipinski definition) is 5. The van der Waals surface area contributed by atoms with Crippen molar-refractivity contribution in [1.29, 1.82) is 0 Å². The molecule has 3 heterocycles. The van der Waals surface area contributed by atoms with Gasteiger partial charge in [0.05, 0.1) is 19.3 Å². The Kier molecular flexibility index (Phi) is 4.42. The van der Waals surface area contributed by atoms with Crippen molar-refractivity contribution in [2.75, 3.05) is 31.2 Å². The molecule has 7 heteroatoms. The average molecular weight is 340 g/mol. The van der Waals surface area contributed by atoms with Gasteiger partial charge in [-0.2, -0.15) is 0 Å². The van der Waals surface area contributed by atoms with Gasteiger partial charge >= 0.3 is 0 Å². The van der Waals surface area contributed by atoms with Crippen molar-refractivity contribution in [3.05, 3.63) is 29.8 Å². The van der Waals surface area contributed by atoms with E-state index in [-0.39, 0.29) is 18.2 Å². The first-order valence-corrected chi connectivity index (χ1v) is 8.49. The number of hydrogen-bond donors (Lipinski definition) is 2. The maximum atomic E-state index is 13.4. The molecule has 0 spiro atoms. The Morgan fingerprint density at radius 1 is 1.04 bits per heavy atom. The molecule has 24 heavy (non-hydrogen) atoms. The lowest BCUT2D eigenvalue weighted by Crippen LogP contribution is -2.50. The van der Waals surface area contributed by atoms with Crippen LogP contribution in [0.4, 0.5) is 14.5 Å². The second kappa shape index (κ2) is 6.55. The van der Waals surface area contributed by atoms with Gasteiger partial charge in [0.1, 0.15) is 18.3 Å². The smallest absolute Gasteiger partial charge is 0.160 e. The van der Waals surface area contributed by atoms with Crippen molar-refractivity contribution in [3.63, 3.8) is 0 Å². The predicted octanol–water partition coefficient (Wildman–Crippen LogP) is 1.05. The topological polar surface area (TPSA) is 54.0 Å². The quantitative estimate of drug-likeness (QED) is 0.862. The molecule has 1 aromatic carbocycles. The van der Waals surface area contributed by atoms with Gasteiger partial charge in [-0.1, -0.05) is 0 Å². The number of aliphatic hydroxyl groups excluding tert-OH is 1. The lowest BCUT2D eigenvalue weighted by Gasteiger charge is -2.35. The summed E-state index contributed by atoms with van der Waals surface area (Å²) >= 11 is 0. The number of fused-ring (bicyclic) bond motifs is 1. The molecule has 5 nitrogen and oxygen atoms in total. The maximum absolute atomic E-state index is 13.4. The zero-order valence-corrected chi connectivity index (χ0v) is 13.3. The molecular weight excluding hydrogens is 318 g/mol. The van der Waals surface area contributed by atoms with E-state index in [2.05, 4.69) is 10.2 Å². The zero-order valence-electron chi connectivity index (χ0n) is 13.3. The van der Waals surface area contributed by atoms with Crippen molar-refractivity contribution >= 4 is 5.69 Å². The first kappa shape index (κ1) is 16.2. The maximum Gasteiger partial charge on any atom is 0.160 e. The van der Waals surface area contributed by atoms with E-state index in [1.165, 1.54) is 12.1 Å². The number of aliphatic hydroxyl groups is 1. The van der Waals surface area contributed by atoms with Gasteiger partial charge in [0.15, 0.2) is 11.6 Å². The third kappa shape index (κ3) is 3.01. The summed E-state index contributed by atoms with van der Waals surface area (Å²) in [6.07, 6.45) is 0.997. The minimum absolute atomic E-state index is 0.0794. The van der Waals surface area contributed by atoms with E-state index >= 15 is 0 Å². The van der Waals surface area contributed by atoms with Crippen molar-refractivity contribution in [3.8, 4) is 0 Å². The van der Waals surface area contributed by atoms with Crippen molar-refractivity contribution in [1.82, 2.24) is 5.32 Å². The van der Waals surface area contributed by atoms with E-state index in [9.17, 15) is 13.9 Å². The van der Waals surface area contributed by atoms with E-state index in [4.69, 9.17) is 9.47 Å². The Bertz CT molecular complexity index is 595. The van der Waals surface area contributed by atoms with Gasteiger partial charge in [-0.25, -0.2) is 8.78 Å². The molecule has 0 aliphatic carbocycles. The number of benzene rings is 1. The molecule has 0 bridgehead atoms. The Hall–Kier alpha value is -1.28. The zero-order chi connectivity index (χ0) is 16.7. The second-order valence-corrected chi connectivity index (χ2v) is 6.80. The van der Waals surface area contributed by atoms with Crippen LogP contribution in [0.3, 0.4) is 0 Å². The minimum atomic E-state index is -0.815. The highest BCUT2D eigenvalue weighted by molar-refractivity contribution is 5.47. The highest BCUT2D eigenvalue weighted by Gasteiger charge is 2.47. The van der Waals surface area contributed by atoms with E-state index in [0.29, 0.717) is 19.3 Å². The third-order valence-electron chi connectivity index (χ3n) is 5.24. The number of nitrogens with zero attached hydrogens (tertiary/aromatic N) is 1. The Morgan fingerprint density at radius 3 is 2.54 bits per heavy atom. The molecule has 3 saturated heterocycles. The summed E-state index contributed by atoms with van der Waals surface area (Å²) < 4.78 is 37.7. The summed E-state index contributed by atoms with van der Waals surface area (Å²) in [5, 5.41) is 13.4. The van der Waals surface area contributed by atoms with Crippen LogP contribution in [0.25, 0.3) is 0 Å². The number of halogens is 2. The molecule has 1 aromatic rings. The van der Waals surface area contributed by atoms with Gasteiger partial charge in [-0.3, -0.25) is 0 Å². The molecule has 4 rings (SSSR count). The van der Waals surface area contributed by atoms with Crippen LogP contribution in [-0.4, -0.2) is 61.8 Å². The Labute approximate surface area is 139 Å². The van der Waals surface area contributed by atoms with Gasteiger partial charge in [0, 0.05) is 30.9 Å². The minimum Gasteiger partial charge on any atom is -0.388 e. The summed E-state index contributed by atoms with van der Waals surface area (Å²) in [4.78, 5) is 2.07. The van der Waals surface area contributed by atoms with E-state index in [1.54, 1.807) is 6.07 Å². The van der Waals surface area contributed by atoms with Crippen LogP contribution in [0.2, 0.25) is 0 Å². The van der Waals surface area contributed by atoms with Crippen LogP contribution in [0.5, 0.6) is 0 Å². The van der Waals surface area contributed by atoms with Crippen LogP contribution in [0.15, 0.2) is 18.2 Å². The largest absolute Gasteiger partial charge is 0.388 e. The van der Waals surface area contributed by atoms with Crippen molar-refractivity contribution in [2.24, 2.45) is 0 Å². The van der Waals surface area contributed by atoms with Crippen molar-refractivity contribution < 1.29 is 23.4 Å². The number of anilines is 1. The van der Waals surface area contributed by atoms with Crippen LogP contribution in [0, 0.1) is 11.6 Å². The fraction of sp³-hybridized carbons (Fsp3) is 0.647. The Morgan fingerprint density at radius 2 is 1.79 bits per heavy atom. The second-order valence-electron chi connectivity index (χ2n) is 6.80. The highest BCUT2D eigenvalue weighted by atomic mass is 19.2. The molecule has 2 N–H and O–H groups in total. The van der Waals surface area contributed by atoms with Crippen LogP contribution < -0.4 is 10.2 Å². The first-order valence-electron chi connectivity index (χ1n) is 8.49. The summed E-state index contributed by atoms with van der Waals surface area (Å²) in [5.41, 5.74) is 0.721. The molecule has 0 saturated carbocycles. The van der Waals surface area contributed by atoms with Gasteiger partial charge in [-0.05, 0) is 25.0 Å². The fourth-order valence-electron chi connectivity index (χ4n) is 3.91. The lowest BCUT2D eigenvalue weighted by molar-refractivity contribution is 0.0176. The fourth-order valence-corrected chi connectivity index (χ4v) is 3.91. The van der Waals surface area contributed by atoms with Crippen LogP contribution >= 0.6 is 0 Å². The monoisotopic (exact) mass is 340 g/mol. The third-order valence-corrected chi connectivity index (χ3v) is 5.24. The lowest BCUT2D eigenvalue weighted by atomic mass is 10.0. The standard InChI is InChI=1S/C17H22F2N2O3/c18-12-2-1-11(7-13(12)19)21-5-3-10(4-6-21)20-14-8-23-17-15(22)9-24-16(14)17/h1-2,7,10,14-17,20,22H,3-6,8-9H2/t14-,15-,16+,17+/m0/s1. The van der Waals surface area contributed by atoms with Crippen LogP contribution in [-0.2, 0) is 9.47 Å². The highest BCUT2D eigenvalue weighted by Crippen LogP contribution is 2.28. The predicted molar refractivity (Wildman–Crippen MR) is 84.0 cm³/mol. The molecule has 0 radical (unpaired) electrons. The molecule has 3 fully saturated rings. The molecule has 3 aliphatic rings. The summed E-state index contributed by atoms with van der Waals surface area (Å²) in [5.74, 6) is -1.62. The van der Waals surface area contributed by atoms with Gasteiger partial charge in [-0.15, -0.1) is 0 Å². The summed E-state index contributed by atoms with van der Waals surface area (Å²) in [7, 11) is 0. The van der Waals surface area contributed by atoms with Gasteiger partial charge < -0.3 is 24.8 Å². The number of ether oxygens (including phenoxy) is 2. The molecule has 3 aliphatic heterocycles. The molecular formula is C17H22F2N2O3. The molecule has 0 amide bonds. The van der Waals surface area contributed by atoms with Gasteiger partial charge in [0.2, 0.25) is 0 Å². The molecule has 132 valence electrons. The number of piperidine rings is 1. The van der Waals surface area contributed by atoms with Crippen LogP contribution in [0.1, 0.15) is 12.8 Å². The summed E-state index contributed by atoms with van der Waals surface area (Å²) in [6, 6.07) is 4.49. The Balaban J connectivity index is 1.31. The average Bonchev–Trinajstić information content (AvgIpc) is 3.15. The van der Waals surface area contributed by atoms with E-state index < -0.39 is 17.7 Å². The SMILES string of the molecule is O[C@H]1CO[C@H]2[C@@H]1OC[C@@H]2NC1CCN(c2ccc(F)c(F)c2)CC1. The number of nitrogens with one attached hydrogen (secondary N) is 1. The molecule has 4 atom stereocenters. The molecule has 0 unspecified atom stereocenters. The molecule has 0 aromatic heterocycles. The van der Waals surface area contributed by atoms with E-state index in [1.807, 2.05) is 0 Å². The normalized spacial score (nSPS) is 33.9. The van der Waals surface area contributed by atoms with Gasteiger partial charge in [0.25, 0.3) is 0 Å². The van der Waals surface area contributed by atoms with E-state index in [0.717, 1.165) is 31.6 Å². The van der Waals surface area contributed by atoms with Crippen molar-refractivity contribution in [2.45, 2.75) is 43.2 Å². The first-order chi connectivity index (χ1) is 11.6. The summed E-state index contributed by atoms with van der Waals surface area (Å²) in [6.45, 7) is 2.46.